The first kappa shape index (κ1) is 22.2. The Balaban J connectivity index is 1.82. The Morgan fingerprint density at radius 1 is 0.909 bits per heavy atom. The van der Waals surface area contributed by atoms with E-state index in [-0.39, 0.29) is 12.1 Å². The Morgan fingerprint density at radius 3 is 2.21 bits per heavy atom. The van der Waals surface area contributed by atoms with Crippen molar-refractivity contribution in [3.63, 3.8) is 0 Å². The van der Waals surface area contributed by atoms with Gasteiger partial charge in [0.05, 0.1) is 33.9 Å². The highest BCUT2D eigenvalue weighted by molar-refractivity contribution is 6.05. The van der Waals surface area contributed by atoms with Crippen molar-refractivity contribution < 1.29 is 28.5 Å². The van der Waals surface area contributed by atoms with Crippen LogP contribution in [0.2, 0.25) is 0 Å². The maximum Gasteiger partial charge on any atom is 0.290 e. The molecule has 0 spiro atoms. The van der Waals surface area contributed by atoms with Gasteiger partial charge in [-0.15, -0.1) is 0 Å². The van der Waals surface area contributed by atoms with Gasteiger partial charge in [0.25, 0.3) is 5.91 Å². The van der Waals surface area contributed by atoms with Crippen molar-refractivity contribution in [3.8, 4) is 17.2 Å². The summed E-state index contributed by atoms with van der Waals surface area (Å²) in [6.45, 7) is 0.0920. The molecule has 6 nitrogen and oxygen atoms in total. The summed E-state index contributed by atoms with van der Waals surface area (Å²) in [6, 6.07) is 17.6. The van der Waals surface area contributed by atoms with Crippen LogP contribution < -0.4 is 14.2 Å². The molecule has 0 aliphatic carbocycles. The molecule has 1 atom stereocenters. The topological polar surface area (TPSA) is 68.2 Å². The minimum absolute atomic E-state index is 0.0920. The summed E-state index contributed by atoms with van der Waals surface area (Å²) in [5, 5.41) is 10.9. The van der Waals surface area contributed by atoms with Gasteiger partial charge in [0.2, 0.25) is 0 Å². The number of carbonyl (C=O) groups excluding carboxylic acids is 1. The molecular formula is C26H24FNO5. The number of halogens is 1. The Labute approximate surface area is 191 Å². The lowest BCUT2D eigenvalue weighted by atomic mass is 9.93. The molecule has 0 radical (unpaired) electrons. The lowest BCUT2D eigenvalue weighted by Crippen LogP contribution is -2.30. The fraction of sp³-hybridized carbons (Fsp3) is 0.192. The summed E-state index contributed by atoms with van der Waals surface area (Å²) >= 11 is 0. The van der Waals surface area contributed by atoms with Crippen LogP contribution in [0.15, 0.2) is 72.5 Å². The van der Waals surface area contributed by atoms with Crippen LogP contribution in [0.25, 0.3) is 5.57 Å². The standard InChI is InChI=1S/C26H24FNO5/c1-31-18-11-8-16(9-12-18)23-24(20-6-4-5-7-21(20)27)28(26(30)25(23)29)15-17-10-13-19(32-2)14-22(17)33-3/h4-14,24,29H,15H2,1-3H3/t24-/m1/s1. The fourth-order valence-electron chi connectivity index (χ4n) is 4.07. The van der Waals surface area contributed by atoms with Crippen molar-refractivity contribution >= 4 is 11.5 Å². The number of hydrogen-bond donors (Lipinski definition) is 1. The second-order valence-corrected chi connectivity index (χ2v) is 7.53. The second-order valence-electron chi connectivity index (χ2n) is 7.53. The van der Waals surface area contributed by atoms with Gasteiger partial charge in [-0.1, -0.05) is 30.3 Å². The van der Waals surface area contributed by atoms with Crippen LogP contribution in [0.5, 0.6) is 17.2 Å². The second kappa shape index (κ2) is 9.24. The Morgan fingerprint density at radius 2 is 1.58 bits per heavy atom. The van der Waals surface area contributed by atoms with Crippen LogP contribution >= 0.6 is 0 Å². The van der Waals surface area contributed by atoms with Crippen molar-refractivity contribution in [1.82, 2.24) is 4.90 Å². The molecule has 0 aromatic heterocycles. The maximum absolute atomic E-state index is 15.0. The van der Waals surface area contributed by atoms with E-state index in [2.05, 4.69) is 0 Å². The fourth-order valence-corrected chi connectivity index (χ4v) is 4.07. The van der Waals surface area contributed by atoms with Crippen LogP contribution in [0.4, 0.5) is 4.39 Å². The number of benzene rings is 3. The molecule has 0 fully saturated rings. The number of aliphatic hydroxyl groups is 1. The summed E-state index contributed by atoms with van der Waals surface area (Å²) in [6.07, 6.45) is 0. The highest BCUT2D eigenvalue weighted by Crippen LogP contribution is 2.45. The quantitative estimate of drug-likeness (QED) is 0.556. The van der Waals surface area contributed by atoms with Crippen LogP contribution in [-0.4, -0.2) is 37.2 Å². The first-order chi connectivity index (χ1) is 16.0. The van der Waals surface area contributed by atoms with Crippen molar-refractivity contribution in [2.45, 2.75) is 12.6 Å². The van der Waals surface area contributed by atoms with Gasteiger partial charge < -0.3 is 24.2 Å². The van der Waals surface area contributed by atoms with Crippen molar-refractivity contribution in [2.75, 3.05) is 21.3 Å². The van der Waals surface area contributed by atoms with Crippen LogP contribution in [0.3, 0.4) is 0 Å². The summed E-state index contributed by atoms with van der Waals surface area (Å²) in [4.78, 5) is 14.7. The molecule has 1 amide bonds. The van der Waals surface area contributed by atoms with E-state index in [0.717, 1.165) is 0 Å². The van der Waals surface area contributed by atoms with E-state index < -0.39 is 23.5 Å². The molecule has 1 N–H and O–H groups in total. The van der Waals surface area contributed by atoms with Crippen LogP contribution in [0, 0.1) is 5.82 Å². The molecule has 0 unspecified atom stereocenters. The van der Waals surface area contributed by atoms with Crippen LogP contribution in [0.1, 0.15) is 22.7 Å². The van der Waals surface area contributed by atoms with Gasteiger partial charge in [0, 0.05) is 22.8 Å². The van der Waals surface area contributed by atoms with Gasteiger partial charge in [-0.05, 0) is 35.9 Å². The molecule has 33 heavy (non-hydrogen) atoms. The summed E-state index contributed by atoms with van der Waals surface area (Å²) < 4.78 is 30.9. The molecule has 170 valence electrons. The normalized spacial score (nSPS) is 15.7. The molecule has 0 bridgehead atoms. The van der Waals surface area contributed by atoms with Crippen molar-refractivity contribution in [3.05, 3.63) is 95.0 Å². The Hall–Kier alpha value is -4.00. The zero-order valence-electron chi connectivity index (χ0n) is 18.5. The molecule has 3 aromatic rings. The number of nitrogens with zero attached hydrogens (tertiary/aromatic N) is 1. The van der Waals surface area contributed by atoms with Gasteiger partial charge in [-0.2, -0.15) is 0 Å². The number of methoxy groups -OCH3 is 3. The van der Waals surface area contributed by atoms with E-state index in [0.29, 0.717) is 33.9 Å². The van der Waals surface area contributed by atoms with Gasteiger partial charge in [0.15, 0.2) is 5.76 Å². The number of rotatable bonds is 7. The van der Waals surface area contributed by atoms with E-state index in [1.54, 1.807) is 74.9 Å². The molecule has 0 saturated carbocycles. The first-order valence-corrected chi connectivity index (χ1v) is 10.3. The zero-order valence-corrected chi connectivity index (χ0v) is 18.5. The molecule has 4 rings (SSSR count). The third-order valence-corrected chi connectivity index (χ3v) is 5.74. The molecule has 1 aliphatic rings. The minimum Gasteiger partial charge on any atom is -0.503 e. The van der Waals surface area contributed by atoms with E-state index in [4.69, 9.17) is 14.2 Å². The average molecular weight is 449 g/mol. The number of amides is 1. The van der Waals surface area contributed by atoms with E-state index in [1.807, 2.05) is 0 Å². The van der Waals surface area contributed by atoms with Gasteiger partial charge >= 0.3 is 0 Å². The zero-order chi connectivity index (χ0) is 23.5. The lowest BCUT2D eigenvalue weighted by Gasteiger charge is -2.28. The molecule has 1 aliphatic heterocycles. The molecule has 0 saturated heterocycles. The summed E-state index contributed by atoms with van der Waals surface area (Å²) in [7, 11) is 4.63. The number of hydrogen-bond acceptors (Lipinski definition) is 5. The number of aliphatic hydroxyl groups excluding tert-OH is 1. The third kappa shape index (κ3) is 4.09. The first-order valence-electron chi connectivity index (χ1n) is 10.3. The van der Waals surface area contributed by atoms with Gasteiger partial charge in [0.1, 0.15) is 23.1 Å². The Kier molecular flexibility index (Phi) is 6.22. The number of carbonyl (C=O) groups is 1. The monoisotopic (exact) mass is 449 g/mol. The predicted molar refractivity (Wildman–Crippen MR) is 122 cm³/mol. The molecule has 7 heteroatoms. The summed E-state index contributed by atoms with van der Waals surface area (Å²) in [5.74, 6) is 0.279. The maximum atomic E-state index is 15.0. The summed E-state index contributed by atoms with van der Waals surface area (Å²) in [5.41, 5.74) is 1.91. The minimum atomic E-state index is -0.834. The van der Waals surface area contributed by atoms with Crippen LogP contribution in [-0.2, 0) is 11.3 Å². The van der Waals surface area contributed by atoms with E-state index in [1.165, 1.54) is 18.1 Å². The molecule has 3 aromatic carbocycles. The highest BCUT2D eigenvalue weighted by Gasteiger charge is 2.42. The molecule has 1 heterocycles. The predicted octanol–water partition coefficient (Wildman–Crippen LogP) is 4.90. The van der Waals surface area contributed by atoms with E-state index in [9.17, 15) is 14.3 Å². The largest absolute Gasteiger partial charge is 0.503 e. The van der Waals surface area contributed by atoms with Gasteiger partial charge in [-0.3, -0.25) is 4.79 Å². The third-order valence-electron chi connectivity index (χ3n) is 5.74. The SMILES string of the molecule is COc1ccc(C2=C(O)C(=O)N(Cc3ccc(OC)cc3OC)[C@@H]2c2ccccc2F)cc1. The van der Waals surface area contributed by atoms with Crippen molar-refractivity contribution in [2.24, 2.45) is 0 Å². The smallest absolute Gasteiger partial charge is 0.290 e. The Bertz CT molecular complexity index is 1210. The average Bonchev–Trinajstić information content (AvgIpc) is 3.09. The van der Waals surface area contributed by atoms with E-state index >= 15 is 0 Å². The molecular weight excluding hydrogens is 425 g/mol. The highest BCUT2D eigenvalue weighted by atomic mass is 19.1. The van der Waals surface area contributed by atoms with Crippen molar-refractivity contribution in [1.29, 1.82) is 0 Å². The van der Waals surface area contributed by atoms with Gasteiger partial charge in [-0.25, -0.2) is 4.39 Å². The number of ether oxygens (including phenoxy) is 3. The lowest BCUT2D eigenvalue weighted by molar-refractivity contribution is -0.130.